The summed E-state index contributed by atoms with van der Waals surface area (Å²) in [5.41, 5.74) is 5.68. The number of carboxylic acid groups (broad SMARTS) is 3. The van der Waals surface area contributed by atoms with E-state index in [4.69, 9.17) is 10.8 Å². The van der Waals surface area contributed by atoms with Gasteiger partial charge in [0.15, 0.2) is 6.17 Å². The standard InChI is InChI=1S/C14H26N4O6/c1-9(12(19)20)16-3-4-17(10(2)13(21)22)6-8-18(7-5-16)11(15)14(23)24/h9-11H,3-8,15H2,1-2H3,(H,19,20)(H,21,22)(H,23,24). The summed E-state index contributed by atoms with van der Waals surface area (Å²) >= 11 is 0. The van der Waals surface area contributed by atoms with Crippen molar-refractivity contribution < 1.29 is 29.7 Å². The lowest BCUT2D eigenvalue weighted by Crippen LogP contribution is -2.52. The number of hydrogen-bond donors (Lipinski definition) is 4. The summed E-state index contributed by atoms with van der Waals surface area (Å²) in [5.74, 6) is -3.15. The molecule has 0 aromatic rings. The summed E-state index contributed by atoms with van der Waals surface area (Å²) in [7, 11) is 0. The Morgan fingerprint density at radius 2 is 1.00 bits per heavy atom. The molecule has 1 heterocycles. The molecule has 3 atom stereocenters. The molecule has 0 bridgehead atoms. The summed E-state index contributed by atoms with van der Waals surface area (Å²) in [6, 6.07) is -1.51. The summed E-state index contributed by atoms with van der Waals surface area (Å²) in [6.45, 7) is 5.11. The molecule has 1 aliphatic heterocycles. The summed E-state index contributed by atoms with van der Waals surface area (Å²) in [5, 5.41) is 27.5. The Morgan fingerprint density at radius 3 is 1.25 bits per heavy atom. The molecule has 1 rings (SSSR count). The zero-order valence-corrected chi connectivity index (χ0v) is 14.0. The average Bonchev–Trinajstić information content (AvgIpc) is 2.62. The van der Waals surface area contributed by atoms with Crippen molar-refractivity contribution in [3.63, 3.8) is 0 Å². The highest BCUT2D eigenvalue weighted by Gasteiger charge is 2.29. The van der Waals surface area contributed by atoms with Gasteiger partial charge in [0, 0.05) is 39.3 Å². The Hall–Kier alpha value is -1.75. The number of rotatable bonds is 6. The van der Waals surface area contributed by atoms with E-state index in [0.29, 0.717) is 39.3 Å². The molecule has 0 radical (unpaired) electrons. The molecule has 10 nitrogen and oxygen atoms in total. The smallest absolute Gasteiger partial charge is 0.335 e. The molecule has 24 heavy (non-hydrogen) atoms. The SMILES string of the molecule is CC(C(=O)O)N1CCN(C(C)C(=O)O)CCN(C(N)C(=O)O)CC1. The number of carbonyl (C=O) groups is 3. The van der Waals surface area contributed by atoms with Gasteiger partial charge in [0.2, 0.25) is 0 Å². The van der Waals surface area contributed by atoms with Gasteiger partial charge in [-0.2, -0.15) is 0 Å². The molecule has 1 saturated heterocycles. The molecule has 0 aliphatic carbocycles. The Kier molecular flexibility index (Phi) is 7.55. The zero-order chi connectivity index (χ0) is 18.4. The molecule has 10 heteroatoms. The molecule has 0 aromatic carbocycles. The number of carboxylic acids is 3. The summed E-state index contributed by atoms with van der Waals surface area (Å²) < 4.78 is 0. The van der Waals surface area contributed by atoms with Crippen LogP contribution in [0.3, 0.4) is 0 Å². The maximum Gasteiger partial charge on any atom is 0.335 e. The Bertz CT molecular complexity index is 396. The van der Waals surface area contributed by atoms with Crippen molar-refractivity contribution in [2.24, 2.45) is 5.73 Å². The van der Waals surface area contributed by atoms with Gasteiger partial charge < -0.3 is 21.1 Å². The monoisotopic (exact) mass is 346 g/mol. The molecule has 1 aliphatic rings. The van der Waals surface area contributed by atoms with E-state index in [2.05, 4.69) is 0 Å². The first-order valence-electron chi connectivity index (χ1n) is 7.81. The van der Waals surface area contributed by atoms with Gasteiger partial charge in [-0.3, -0.25) is 24.3 Å². The van der Waals surface area contributed by atoms with E-state index in [-0.39, 0.29) is 0 Å². The van der Waals surface area contributed by atoms with Crippen LogP contribution in [0.15, 0.2) is 0 Å². The van der Waals surface area contributed by atoms with Crippen molar-refractivity contribution in [2.45, 2.75) is 32.1 Å². The van der Waals surface area contributed by atoms with Gasteiger partial charge in [0.25, 0.3) is 0 Å². The number of hydrogen-bond acceptors (Lipinski definition) is 7. The van der Waals surface area contributed by atoms with Crippen molar-refractivity contribution >= 4 is 17.9 Å². The quantitative estimate of drug-likeness (QED) is 0.435. The van der Waals surface area contributed by atoms with Crippen LogP contribution in [0.25, 0.3) is 0 Å². The van der Waals surface area contributed by atoms with Crippen LogP contribution in [0.4, 0.5) is 0 Å². The molecule has 0 amide bonds. The highest BCUT2D eigenvalue weighted by molar-refractivity contribution is 5.73. The van der Waals surface area contributed by atoms with Gasteiger partial charge in [-0.15, -0.1) is 0 Å². The molecule has 1 fully saturated rings. The summed E-state index contributed by atoms with van der Waals surface area (Å²) in [6.07, 6.45) is -1.22. The van der Waals surface area contributed by atoms with Crippen molar-refractivity contribution in [1.29, 1.82) is 0 Å². The Morgan fingerprint density at radius 1 is 0.708 bits per heavy atom. The fraction of sp³-hybridized carbons (Fsp3) is 0.786. The Labute approximate surface area is 140 Å². The third-order valence-electron chi connectivity index (χ3n) is 4.48. The molecular weight excluding hydrogens is 320 g/mol. The van der Waals surface area contributed by atoms with E-state index >= 15 is 0 Å². The zero-order valence-electron chi connectivity index (χ0n) is 14.0. The molecule has 138 valence electrons. The first-order valence-corrected chi connectivity index (χ1v) is 7.81. The lowest BCUT2D eigenvalue weighted by Gasteiger charge is -2.29. The van der Waals surface area contributed by atoms with Crippen LogP contribution in [0.2, 0.25) is 0 Å². The molecule has 5 N–H and O–H groups in total. The second kappa shape index (κ2) is 8.92. The lowest BCUT2D eigenvalue weighted by molar-refractivity contribution is -0.145. The van der Waals surface area contributed by atoms with E-state index in [1.54, 1.807) is 23.6 Å². The fourth-order valence-electron chi connectivity index (χ4n) is 2.63. The minimum absolute atomic E-state index is 0.292. The van der Waals surface area contributed by atoms with Gasteiger partial charge in [0.05, 0.1) is 0 Å². The van der Waals surface area contributed by atoms with E-state index in [0.717, 1.165) is 0 Å². The van der Waals surface area contributed by atoms with Crippen LogP contribution in [-0.2, 0) is 14.4 Å². The highest BCUT2D eigenvalue weighted by Crippen LogP contribution is 2.09. The molecule has 3 unspecified atom stereocenters. The topological polar surface area (TPSA) is 148 Å². The Balaban J connectivity index is 2.96. The predicted octanol–water partition coefficient (Wildman–Crippen LogP) is -1.78. The molecular formula is C14H26N4O6. The second-order valence-electron chi connectivity index (χ2n) is 5.92. The van der Waals surface area contributed by atoms with Crippen molar-refractivity contribution in [2.75, 3.05) is 39.3 Å². The van der Waals surface area contributed by atoms with Crippen LogP contribution in [0.5, 0.6) is 0 Å². The van der Waals surface area contributed by atoms with Crippen LogP contribution in [0, 0.1) is 0 Å². The minimum atomic E-state index is -1.22. The van der Waals surface area contributed by atoms with Crippen molar-refractivity contribution in [1.82, 2.24) is 14.7 Å². The maximum absolute atomic E-state index is 11.2. The van der Waals surface area contributed by atoms with E-state index < -0.39 is 36.2 Å². The van der Waals surface area contributed by atoms with E-state index in [1.807, 2.05) is 0 Å². The maximum atomic E-state index is 11.2. The number of aliphatic carboxylic acids is 3. The number of nitrogens with two attached hydrogens (primary N) is 1. The van der Waals surface area contributed by atoms with Crippen molar-refractivity contribution in [3.05, 3.63) is 0 Å². The highest BCUT2D eigenvalue weighted by atomic mass is 16.4. The van der Waals surface area contributed by atoms with E-state index in [9.17, 15) is 24.6 Å². The lowest BCUT2D eigenvalue weighted by atomic mass is 10.2. The van der Waals surface area contributed by atoms with Crippen LogP contribution >= 0.6 is 0 Å². The second-order valence-corrected chi connectivity index (χ2v) is 5.92. The third-order valence-corrected chi connectivity index (χ3v) is 4.48. The molecule has 0 saturated carbocycles. The van der Waals surface area contributed by atoms with Crippen LogP contribution in [0.1, 0.15) is 13.8 Å². The first kappa shape index (κ1) is 20.3. The van der Waals surface area contributed by atoms with Gasteiger partial charge in [-0.25, -0.2) is 4.79 Å². The van der Waals surface area contributed by atoms with Crippen LogP contribution < -0.4 is 5.73 Å². The van der Waals surface area contributed by atoms with Crippen LogP contribution in [-0.4, -0.2) is 105 Å². The van der Waals surface area contributed by atoms with Gasteiger partial charge in [0.1, 0.15) is 12.1 Å². The predicted molar refractivity (Wildman–Crippen MR) is 84.5 cm³/mol. The van der Waals surface area contributed by atoms with Gasteiger partial charge >= 0.3 is 17.9 Å². The third kappa shape index (κ3) is 5.41. The summed E-state index contributed by atoms with van der Waals surface area (Å²) in [4.78, 5) is 38.6. The minimum Gasteiger partial charge on any atom is -0.480 e. The fourth-order valence-corrected chi connectivity index (χ4v) is 2.63. The van der Waals surface area contributed by atoms with E-state index in [1.165, 1.54) is 4.90 Å². The van der Waals surface area contributed by atoms with Crippen molar-refractivity contribution in [3.8, 4) is 0 Å². The normalized spacial score (nSPS) is 22.6. The van der Waals surface area contributed by atoms with Gasteiger partial charge in [-0.05, 0) is 13.8 Å². The van der Waals surface area contributed by atoms with Gasteiger partial charge in [-0.1, -0.05) is 0 Å². The number of nitrogens with zero attached hydrogens (tertiary/aromatic N) is 3. The molecule has 0 spiro atoms. The first-order chi connectivity index (χ1) is 11.1. The largest absolute Gasteiger partial charge is 0.480 e. The average molecular weight is 346 g/mol. The molecule has 0 aromatic heterocycles.